The van der Waals surface area contributed by atoms with Gasteiger partial charge in [0.05, 0.1) is 5.75 Å². The standard InChI is InChI=1S/C13H27N3O2S/c1-2-7-14-8-4-11-19(17,18)15-12-6-10-16-9-3-5-13(12)16/h12-15H,2-11H2,1H3. The molecule has 2 unspecified atom stereocenters. The lowest BCUT2D eigenvalue weighted by Crippen LogP contribution is -2.43. The van der Waals surface area contributed by atoms with Crippen molar-refractivity contribution in [2.75, 3.05) is 31.9 Å². The predicted octanol–water partition coefficient (Wildman–Crippen LogP) is 0.532. The molecule has 6 heteroatoms. The van der Waals surface area contributed by atoms with E-state index in [2.05, 4.69) is 21.9 Å². The van der Waals surface area contributed by atoms with Gasteiger partial charge in [0.15, 0.2) is 0 Å². The third kappa shape index (κ3) is 4.41. The molecule has 2 aliphatic rings. The maximum Gasteiger partial charge on any atom is 0.211 e. The molecule has 2 saturated heterocycles. The Hall–Kier alpha value is -0.170. The summed E-state index contributed by atoms with van der Waals surface area (Å²) in [4.78, 5) is 2.43. The first-order valence-corrected chi connectivity index (χ1v) is 9.22. The molecule has 0 saturated carbocycles. The molecule has 2 atom stereocenters. The van der Waals surface area contributed by atoms with Crippen LogP contribution < -0.4 is 10.0 Å². The van der Waals surface area contributed by atoms with E-state index in [1.54, 1.807) is 0 Å². The van der Waals surface area contributed by atoms with Crippen molar-refractivity contribution in [3.05, 3.63) is 0 Å². The van der Waals surface area contributed by atoms with E-state index in [-0.39, 0.29) is 11.8 Å². The van der Waals surface area contributed by atoms with Crippen molar-refractivity contribution in [1.29, 1.82) is 0 Å². The average Bonchev–Trinajstić information content (AvgIpc) is 2.94. The molecule has 0 amide bonds. The molecule has 2 rings (SSSR count). The van der Waals surface area contributed by atoms with E-state index < -0.39 is 10.0 Å². The number of rotatable bonds is 8. The summed E-state index contributed by atoms with van der Waals surface area (Å²) in [7, 11) is -3.11. The van der Waals surface area contributed by atoms with E-state index in [1.165, 1.54) is 6.42 Å². The van der Waals surface area contributed by atoms with Crippen LogP contribution in [0.15, 0.2) is 0 Å². The van der Waals surface area contributed by atoms with Gasteiger partial charge in [0.1, 0.15) is 0 Å². The van der Waals surface area contributed by atoms with Crippen LogP contribution in [0.25, 0.3) is 0 Å². The first kappa shape index (κ1) is 15.2. The molecule has 2 fully saturated rings. The van der Waals surface area contributed by atoms with E-state index in [0.29, 0.717) is 12.5 Å². The third-order valence-corrected chi connectivity index (χ3v) is 5.62. The van der Waals surface area contributed by atoms with Gasteiger partial charge in [-0.25, -0.2) is 13.1 Å². The molecule has 0 spiro atoms. The number of nitrogens with zero attached hydrogens (tertiary/aromatic N) is 1. The smallest absolute Gasteiger partial charge is 0.211 e. The highest BCUT2D eigenvalue weighted by Crippen LogP contribution is 2.28. The summed E-state index contributed by atoms with van der Waals surface area (Å²) in [6, 6.07) is 0.601. The monoisotopic (exact) mass is 289 g/mol. The molecular formula is C13H27N3O2S. The second kappa shape index (κ2) is 7.02. The van der Waals surface area contributed by atoms with Crippen molar-refractivity contribution < 1.29 is 8.42 Å². The fraction of sp³-hybridized carbons (Fsp3) is 1.00. The van der Waals surface area contributed by atoms with Gasteiger partial charge in [-0.1, -0.05) is 6.92 Å². The van der Waals surface area contributed by atoms with Gasteiger partial charge in [0.25, 0.3) is 0 Å². The minimum Gasteiger partial charge on any atom is -0.317 e. The first-order valence-electron chi connectivity index (χ1n) is 7.57. The summed E-state index contributed by atoms with van der Waals surface area (Å²) in [5.41, 5.74) is 0. The molecule has 0 bridgehead atoms. The second-order valence-corrected chi connectivity index (χ2v) is 7.55. The summed E-state index contributed by atoms with van der Waals surface area (Å²) in [5.74, 6) is 0.243. The highest BCUT2D eigenvalue weighted by molar-refractivity contribution is 7.89. The van der Waals surface area contributed by atoms with Crippen LogP contribution in [-0.2, 0) is 10.0 Å². The van der Waals surface area contributed by atoms with Gasteiger partial charge >= 0.3 is 0 Å². The Morgan fingerprint density at radius 2 is 2.05 bits per heavy atom. The van der Waals surface area contributed by atoms with Crippen LogP contribution in [0.4, 0.5) is 0 Å². The molecule has 5 nitrogen and oxygen atoms in total. The number of fused-ring (bicyclic) bond motifs is 1. The van der Waals surface area contributed by atoms with Crippen LogP contribution in [0.1, 0.15) is 39.0 Å². The molecule has 0 aromatic rings. The quantitative estimate of drug-likeness (QED) is 0.640. The van der Waals surface area contributed by atoms with E-state index >= 15 is 0 Å². The van der Waals surface area contributed by atoms with Gasteiger partial charge in [-0.3, -0.25) is 4.90 Å². The Morgan fingerprint density at radius 3 is 2.84 bits per heavy atom. The molecule has 0 aromatic heterocycles. The van der Waals surface area contributed by atoms with Crippen molar-refractivity contribution >= 4 is 10.0 Å². The number of sulfonamides is 1. The van der Waals surface area contributed by atoms with Crippen molar-refractivity contribution in [3.8, 4) is 0 Å². The Labute approximate surface area is 117 Å². The average molecular weight is 289 g/mol. The Morgan fingerprint density at radius 1 is 1.21 bits per heavy atom. The van der Waals surface area contributed by atoms with Crippen LogP contribution >= 0.6 is 0 Å². The lowest BCUT2D eigenvalue weighted by molar-refractivity contribution is 0.309. The summed E-state index contributed by atoms with van der Waals surface area (Å²) < 4.78 is 27.0. The second-order valence-electron chi connectivity index (χ2n) is 5.68. The Balaban J connectivity index is 1.71. The van der Waals surface area contributed by atoms with Crippen LogP contribution in [0, 0.1) is 0 Å². The van der Waals surface area contributed by atoms with Gasteiger partial charge in [-0.15, -0.1) is 0 Å². The maximum absolute atomic E-state index is 12.1. The van der Waals surface area contributed by atoms with Crippen LogP contribution in [0.3, 0.4) is 0 Å². The lowest BCUT2D eigenvalue weighted by Gasteiger charge is -2.21. The zero-order chi connectivity index (χ0) is 13.7. The number of hydrogen-bond acceptors (Lipinski definition) is 4. The zero-order valence-corrected chi connectivity index (χ0v) is 12.7. The molecule has 2 N–H and O–H groups in total. The molecule has 2 heterocycles. The van der Waals surface area contributed by atoms with Crippen molar-refractivity contribution in [2.24, 2.45) is 0 Å². The number of nitrogens with one attached hydrogen (secondary N) is 2. The molecular weight excluding hydrogens is 262 g/mol. The van der Waals surface area contributed by atoms with E-state index in [0.717, 1.165) is 45.4 Å². The van der Waals surface area contributed by atoms with Crippen LogP contribution in [-0.4, -0.2) is 57.3 Å². The predicted molar refractivity (Wildman–Crippen MR) is 77.7 cm³/mol. The van der Waals surface area contributed by atoms with Gasteiger partial charge in [0, 0.05) is 18.6 Å². The van der Waals surface area contributed by atoms with Gasteiger partial charge in [-0.05, 0) is 51.7 Å². The fourth-order valence-electron chi connectivity index (χ4n) is 3.20. The van der Waals surface area contributed by atoms with Crippen molar-refractivity contribution in [1.82, 2.24) is 14.9 Å². The number of hydrogen-bond donors (Lipinski definition) is 2. The molecule has 0 aliphatic carbocycles. The minimum atomic E-state index is -3.11. The van der Waals surface area contributed by atoms with Crippen LogP contribution in [0.5, 0.6) is 0 Å². The van der Waals surface area contributed by atoms with Gasteiger partial charge < -0.3 is 5.32 Å². The lowest BCUT2D eigenvalue weighted by atomic mass is 10.1. The molecule has 19 heavy (non-hydrogen) atoms. The summed E-state index contributed by atoms with van der Waals surface area (Å²) in [6.45, 7) is 6.06. The summed E-state index contributed by atoms with van der Waals surface area (Å²) in [6.07, 6.45) is 5.11. The Kier molecular flexibility index (Phi) is 5.62. The van der Waals surface area contributed by atoms with E-state index in [1.807, 2.05) is 0 Å². The van der Waals surface area contributed by atoms with Crippen molar-refractivity contribution in [3.63, 3.8) is 0 Å². The summed E-state index contributed by atoms with van der Waals surface area (Å²) in [5, 5.41) is 3.24. The normalized spacial score (nSPS) is 27.8. The van der Waals surface area contributed by atoms with Gasteiger partial charge in [-0.2, -0.15) is 0 Å². The zero-order valence-electron chi connectivity index (χ0n) is 11.9. The third-order valence-electron chi connectivity index (χ3n) is 4.13. The highest BCUT2D eigenvalue weighted by atomic mass is 32.2. The topological polar surface area (TPSA) is 61.4 Å². The van der Waals surface area contributed by atoms with Crippen molar-refractivity contribution in [2.45, 2.75) is 51.1 Å². The highest BCUT2D eigenvalue weighted by Gasteiger charge is 2.38. The fourth-order valence-corrected chi connectivity index (χ4v) is 4.58. The SMILES string of the molecule is CCCNCCCS(=O)(=O)NC1CCN2CCCC12. The molecule has 2 aliphatic heterocycles. The molecule has 112 valence electrons. The van der Waals surface area contributed by atoms with Crippen LogP contribution in [0.2, 0.25) is 0 Å². The van der Waals surface area contributed by atoms with Gasteiger partial charge in [0.2, 0.25) is 10.0 Å². The molecule has 0 radical (unpaired) electrons. The largest absolute Gasteiger partial charge is 0.317 e. The Bertz CT molecular complexity index is 372. The maximum atomic E-state index is 12.1. The first-order chi connectivity index (χ1) is 9.12. The molecule has 0 aromatic carbocycles. The summed E-state index contributed by atoms with van der Waals surface area (Å²) >= 11 is 0. The van der Waals surface area contributed by atoms with E-state index in [9.17, 15) is 8.42 Å². The minimum absolute atomic E-state index is 0.149. The van der Waals surface area contributed by atoms with E-state index in [4.69, 9.17) is 0 Å².